The summed E-state index contributed by atoms with van der Waals surface area (Å²) in [7, 11) is 0. The lowest BCUT2D eigenvalue weighted by molar-refractivity contribution is -0.136. The number of hydrogen-bond acceptors (Lipinski definition) is 2. The van der Waals surface area contributed by atoms with Gasteiger partial charge >= 0.3 is 0 Å². The number of benzene rings is 1. The zero-order valence-electron chi connectivity index (χ0n) is 8.79. The van der Waals surface area contributed by atoms with Crippen LogP contribution in [0.5, 0.6) is 0 Å². The summed E-state index contributed by atoms with van der Waals surface area (Å²) in [5.41, 5.74) is 3.29. The Balaban J connectivity index is 2.32. The van der Waals surface area contributed by atoms with Gasteiger partial charge in [-0.25, -0.2) is 5.48 Å². The van der Waals surface area contributed by atoms with E-state index in [1.54, 1.807) is 13.8 Å². The van der Waals surface area contributed by atoms with Gasteiger partial charge in [0.2, 0.25) is 0 Å². The molecule has 0 aliphatic carbocycles. The van der Waals surface area contributed by atoms with E-state index in [9.17, 15) is 4.79 Å². The van der Waals surface area contributed by atoms with Crippen molar-refractivity contribution >= 4 is 17.5 Å². The molecule has 0 atom stereocenters. The Kier molecular flexibility index (Phi) is 4.12. The highest BCUT2D eigenvalue weighted by Gasteiger charge is 2.24. The third-order valence-electron chi connectivity index (χ3n) is 1.79. The van der Waals surface area contributed by atoms with E-state index < -0.39 is 4.87 Å². The van der Waals surface area contributed by atoms with E-state index >= 15 is 0 Å². The lowest BCUT2D eigenvalue weighted by Gasteiger charge is -2.14. The molecule has 1 aromatic rings. The molecular weight excluding hydrogens is 214 g/mol. The van der Waals surface area contributed by atoms with E-state index in [1.807, 2.05) is 30.3 Å². The van der Waals surface area contributed by atoms with Crippen LogP contribution in [0, 0.1) is 0 Å². The van der Waals surface area contributed by atoms with Crippen LogP contribution in [0.25, 0.3) is 0 Å². The number of halogens is 1. The largest absolute Gasteiger partial charge is 0.271 e. The Bertz CT molecular complexity index is 319. The molecule has 0 radical (unpaired) electrons. The predicted octanol–water partition coefficient (Wildman–Crippen LogP) is 2.25. The van der Waals surface area contributed by atoms with Crippen LogP contribution in [0.3, 0.4) is 0 Å². The maximum Gasteiger partial charge on any atom is 0.264 e. The van der Waals surface area contributed by atoms with Gasteiger partial charge in [-0.05, 0) is 19.4 Å². The molecule has 15 heavy (non-hydrogen) atoms. The lowest BCUT2D eigenvalue weighted by Crippen LogP contribution is -2.37. The van der Waals surface area contributed by atoms with Crippen molar-refractivity contribution < 1.29 is 9.63 Å². The van der Waals surface area contributed by atoms with Gasteiger partial charge in [-0.3, -0.25) is 9.63 Å². The molecule has 0 heterocycles. The number of carbonyl (C=O) groups is 1. The molecule has 0 saturated carbocycles. The fourth-order valence-corrected chi connectivity index (χ4v) is 0.919. The van der Waals surface area contributed by atoms with Gasteiger partial charge in [-0.15, -0.1) is 11.6 Å². The van der Waals surface area contributed by atoms with Crippen LogP contribution in [0.4, 0.5) is 0 Å². The van der Waals surface area contributed by atoms with Crippen LogP contribution in [0.2, 0.25) is 0 Å². The number of alkyl halides is 1. The van der Waals surface area contributed by atoms with Gasteiger partial charge in [0.15, 0.2) is 0 Å². The number of hydrogen-bond donors (Lipinski definition) is 1. The molecule has 0 bridgehead atoms. The zero-order chi connectivity index (χ0) is 11.3. The maximum atomic E-state index is 11.3. The number of carbonyl (C=O) groups excluding carboxylic acids is 1. The zero-order valence-corrected chi connectivity index (χ0v) is 9.54. The quantitative estimate of drug-likeness (QED) is 0.633. The normalized spacial score (nSPS) is 11.1. The molecule has 1 amide bonds. The highest BCUT2D eigenvalue weighted by atomic mass is 35.5. The highest BCUT2D eigenvalue weighted by Crippen LogP contribution is 2.12. The van der Waals surface area contributed by atoms with E-state index in [2.05, 4.69) is 5.48 Å². The average Bonchev–Trinajstić information content (AvgIpc) is 2.18. The van der Waals surface area contributed by atoms with Crippen LogP contribution < -0.4 is 5.48 Å². The first-order chi connectivity index (χ1) is 7.00. The Morgan fingerprint density at radius 2 is 2.00 bits per heavy atom. The van der Waals surface area contributed by atoms with Crippen molar-refractivity contribution in [1.82, 2.24) is 5.48 Å². The number of hydroxylamine groups is 1. The number of rotatable bonds is 4. The Hall–Kier alpha value is -1.06. The van der Waals surface area contributed by atoms with Gasteiger partial charge in [0.1, 0.15) is 4.87 Å². The van der Waals surface area contributed by atoms with E-state index in [-0.39, 0.29) is 5.91 Å². The van der Waals surface area contributed by atoms with Crippen LogP contribution in [0.1, 0.15) is 19.4 Å². The Morgan fingerprint density at radius 3 is 2.53 bits per heavy atom. The molecule has 0 fully saturated rings. The van der Waals surface area contributed by atoms with Crippen molar-refractivity contribution in [2.45, 2.75) is 25.3 Å². The molecule has 3 nitrogen and oxygen atoms in total. The van der Waals surface area contributed by atoms with Gasteiger partial charge < -0.3 is 0 Å². The van der Waals surface area contributed by atoms with Crippen LogP contribution in [0.15, 0.2) is 30.3 Å². The third kappa shape index (κ3) is 4.32. The molecule has 0 unspecified atom stereocenters. The van der Waals surface area contributed by atoms with Gasteiger partial charge in [0.25, 0.3) is 5.91 Å². The molecule has 0 aromatic heterocycles. The minimum Gasteiger partial charge on any atom is -0.271 e. The molecule has 82 valence electrons. The number of amides is 1. The standard InChI is InChI=1S/C11H14ClNO2/c1-11(2,12)10(14)13-15-8-9-6-4-3-5-7-9/h3-7H,8H2,1-2H3,(H,13,14). The third-order valence-corrected chi connectivity index (χ3v) is 1.96. The summed E-state index contributed by atoms with van der Waals surface area (Å²) < 4.78 is 0. The van der Waals surface area contributed by atoms with Crippen molar-refractivity contribution in [3.8, 4) is 0 Å². The number of nitrogens with one attached hydrogen (secondary N) is 1. The molecule has 1 N–H and O–H groups in total. The second kappa shape index (κ2) is 5.14. The van der Waals surface area contributed by atoms with E-state index in [1.165, 1.54) is 0 Å². The molecule has 0 aliphatic rings. The van der Waals surface area contributed by atoms with Crippen molar-refractivity contribution in [1.29, 1.82) is 0 Å². The first-order valence-electron chi connectivity index (χ1n) is 4.65. The van der Waals surface area contributed by atoms with E-state index in [0.717, 1.165) is 5.56 Å². The fraction of sp³-hybridized carbons (Fsp3) is 0.364. The maximum absolute atomic E-state index is 11.3. The summed E-state index contributed by atoms with van der Waals surface area (Å²) in [5.74, 6) is -0.347. The minimum absolute atomic E-state index is 0.333. The summed E-state index contributed by atoms with van der Waals surface area (Å²) in [5, 5.41) is 0. The summed E-state index contributed by atoms with van der Waals surface area (Å²) in [4.78, 5) is 15.4. The van der Waals surface area contributed by atoms with Gasteiger partial charge in [0.05, 0.1) is 6.61 Å². The predicted molar refractivity (Wildman–Crippen MR) is 59.3 cm³/mol. The van der Waals surface area contributed by atoms with Crippen molar-refractivity contribution in [3.63, 3.8) is 0 Å². The topological polar surface area (TPSA) is 38.3 Å². The van der Waals surface area contributed by atoms with E-state index in [0.29, 0.717) is 6.61 Å². The molecule has 0 spiro atoms. The molecule has 1 rings (SSSR count). The van der Waals surface area contributed by atoms with Crippen molar-refractivity contribution in [2.75, 3.05) is 0 Å². The molecule has 0 saturated heterocycles. The van der Waals surface area contributed by atoms with Gasteiger partial charge in [0, 0.05) is 0 Å². The monoisotopic (exact) mass is 227 g/mol. The fourth-order valence-electron chi connectivity index (χ4n) is 0.881. The smallest absolute Gasteiger partial charge is 0.264 e. The lowest BCUT2D eigenvalue weighted by atomic mass is 10.2. The molecule has 4 heteroatoms. The molecule has 1 aromatic carbocycles. The van der Waals surface area contributed by atoms with Crippen molar-refractivity contribution in [3.05, 3.63) is 35.9 Å². The minimum atomic E-state index is -0.948. The average molecular weight is 228 g/mol. The summed E-state index contributed by atoms with van der Waals surface area (Å²) in [6.45, 7) is 3.55. The Labute approximate surface area is 94.3 Å². The summed E-state index contributed by atoms with van der Waals surface area (Å²) >= 11 is 5.77. The molecular formula is C11H14ClNO2. The van der Waals surface area contributed by atoms with Gasteiger partial charge in [-0.1, -0.05) is 30.3 Å². The van der Waals surface area contributed by atoms with Crippen LogP contribution >= 0.6 is 11.6 Å². The van der Waals surface area contributed by atoms with Crippen molar-refractivity contribution in [2.24, 2.45) is 0 Å². The Morgan fingerprint density at radius 1 is 1.40 bits per heavy atom. The second-order valence-corrected chi connectivity index (χ2v) is 4.62. The second-order valence-electron chi connectivity index (χ2n) is 3.68. The molecule has 0 aliphatic heterocycles. The van der Waals surface area contributed by atoms with E-state index in [4.69, 9.17) is 16.4 Å². The summed E-state index contributed by atoms with van der Waals surface area (Å²) in [6.07, 6.45) is 0. The SMILES string of the molecule is CC(C)(Cl)C(=O)NOCc1ccccc1. The van der Waals surface area contributed by atoms with Crippen LogP contribution in [-0.4, -0.2) is 10.8 Å². The van der Waals surface area contributed by atoms with Crippen LogP contribution in [-0.2, 0) is 16.2 Å². The van der Waals surface area contributed by atoms with Gasteiger partial charge in [-0.2, -0.15) is 0 Å². The first kappa shape index (κ1) is 12.0. The first-order valence-corrected chi connectivity index (χ1v) is 5.03. The summed E-state index contributed by atoms with van der Waals surface area (Å²) in [6, 6.07) is 9.57. The highest BCUT2D eigenvalue weighted by molar-refractivity contribution is 6.34.